The Balaban J connectivity index is 1.97. The van der Waals surface area contributed by atoms with Gasteiger partial charge in [-0.1, -0.05) is 36.4 Å². The first-order valence-corrected chi connectivity index (χ1v) is 7.70. The van der Waals surface area contributed by atoms with E-state index in [1.807, 2.05) is 26.0 Å². The lowest BCUT2D eigenvalue weighted by molar-refractivity contribution is -0.143. The Hall–Kier alpha value is -2.29. The van der Waals surface area contributed by atoms with E-state index in [0.29, 0.717) is 26.1 Å². The summed E-state index contributed by atoms with van der Waals surface area (Å²) < 4.78 is 10.4. The lowest BCUT2D eigenvalue weighted by atomic mass is 10.0. The van der Waals surface area contributed by atoms with E-state index in [0.717, 1.165) is 22.4 Å². The predicted molar refractivity (Wildman–Crippen MR) is 88.0 cm³/mol. The molecule has 2 rings (SSSR count). The summed E-state index contributed by atoms with van der Waals surface area (Å²) in [7, 11) is 0. The normalized spacial score (nSPS) is 10.3. The van der Waals surface area contributed by atoms with Crippen LogP contribution in [-0.2, 0) is 16.0 Å². The average Bonchev–Trinajstić information content (AvgIpc) is 2.55. The topological polar surface area (TPSA) is 35.5 Å². The fraction of sp³-hybridized carbons (Fsp3) is 0.316. The largest absolute Gasteiger partial charge is 0.494 e. The molecule has 0 aliphatic heterocycles. The average molecular weight is 298 g/mol. The van der Waals surface area contributed by atoms with Crippen LogP contribution in [0.5, 0.6) is 5.75 Å². The van der Waals surface area contributed by atoms with Crippen LogP contribution in [0.1, 0.15) is 25.8 Å². The summed E-state index contributed by atoms with van der Waals surface area (Å²) >= 11 is 0. The molecule has 0 saturated heterocycles. The van der Waals surface area contributed by atoms with Gasteiger partial charge in [0.25, 0.3) is 0 Å². The van der Waals surface area contributed by atoms with Crippen LogP contribution in [0.3, 0.4) is 0 Å². The van der Waals surface area contributed by atoms with E-state index in [1.165, 1.54) is 0 Å². The zero-order chi connectivity index (χ0) is 15.8. The molecule has 2 aromatic rings. The second-order valence-electron chi connectivity index (χ2n) is 4.96. The van der Waals surface area contributed by atoms with Crippen molar-refractivity contribution in [3.05, 3.63) is 54.1 Å². The Morgan fingerprint density at radius 2 is 1.45 bits per heavy atom. The first-order valence-electron chi connectivity index (χ1n) is 7.70. The first-order chi connectivity index (χ1) is 10.7. The summed E-state index contributed by atoms with van der Waals surface area (Å²) in [5, 5.41) is 0. The molecule has 116 valence electrons. The van der Waals surface area contributed by atoms with Crippen molar-refractivity contribution < 1.29 is 14.3 Å². The maximum Gasteiger partial charge on any atom is 0.306 e. The molecule has 0 aliphatic rings. The van der Waals surface area contributed by atoms with Crippen molar-refractivity contribution in [2.45, 2.75) is 26.7 Å². The van der Waals surface area contributed by atoms with E-state index in [-0.39, 0.29) is 5.97 Å². The number of ether oxygens (including phenoxy) is 2. The van der Waals surface area contributed by atoms with Crippen molar-refractivity contribution in [1.82, 2.24) is 0 Å². The number of carbonyl (C=O) groups is 1. The minimum atomic E-state index is -0.141. The highest BCUT2D eigenvalue weighted by Gasteiger charge is 2.03. The molecule has 3 heteroatoms. The minimum absolute atomic E-state index is 0.141. The summed E-state index contributed by atoms with van der Waals surface area (Å²) in [6, 6.07) is 16.3. The highest BCUT2D eigenvalue weighted by atomic mass is 16.5. The lowest BCUT2D eigenvalue weighted by Gasteiger charge is -2.07. The molecule has 0 saturated carbocycles. The number of hydrogen-bond acceptors (Lipinski definition) is 3. The molecule has 0 N–H and O–H groups in total. The summed E-state index contributed by atoms with van der Waals surface area (Å²) in [6.45, 7) is 4.91. The number of rotatable bonds is 7. The fourth-order valence-electron chi connectivity index (χ4n) is 2.25. The van der Waals surface area contributed by atoms with Crippen molar-refractivity contribution in [3.63, 3.8) is 0 Å². The Labute approximate surface area is 131 Å². The van der Waals surface area contributed by atoms with Gasteiger partial charge in [0, 0.05) is 6.42 Å². The van der Waals surface area contributed by atoms with Gasteiger partial charge in [0.2, 0.25) is 0 Å². The number of hydrogen-bond donors (Lipinski definition) is 0. The number of carbonyl (C=O) groups excluding carboxylic acids is 1. The van der Waals surface area contributed by atoms with Gasteiger partial charge in [-0.25, -0.2) is 0 Å². The molecule has 0 spiro atoms. The molecule has 0 fully saturated rings. The molecule has 22 heavy (non-hydrogen) atoms. The molecule has 0 amide bonds. The zero-order valence-corrected chi connectivity index (χ0v) is 13.2. The van der Waals surface area contributed by atoms with Crippen LogP contribution in [-0.4, -0.2) is 19.2 Å². The van der Waals surface area contributed by atoms with E-state index in [9.17, 15) is 4.79 Å². The first kappa shape index (κ1) is 16.1. The number of aryl methyl sites for hydroxylation is 1. The van der Waals surface area contributed by atoms with E-state index in [2.05, 4.69) is 36.4 Å². The molecular weight excluding hydrogens is 276 g/mol. The third kappa shape index (κ3) is 4.62. The maximum absolute atomic E-state index is 11.4. The van der Waals surface area contributed by atoms with Crippen molar-refractivity contribution in [2.24, 2.45) is 0 Å². The van der Waals surface area contributed by atoms with E-state index in [4.69, 9.17) is 9.47 Å². The molecule has 0 radical (unpaired) electrons. The molecule has 2 aromatic carbocycles. The minimum Gasteiger partial charge on any atom is -0.494 e. The summed E-state index contributed by atoms with van der Waals surface area (Å²) in [6.07, 6.45) is 1.14. The Morgan fingerprint density at radius 3 is 2.00 bits per heavy atom. The van der Waals surface area contributed by atoms with Gasteiger partial charge in [-0.2, -0.15) is 0 Å². The van der Waals surface area contributed by atoms with Gasteiger partial charge >= 0.3 is 5.97 Å². The Bertz CT molecular complexity index is 585. The van der Waals surface area contributed by atoms with Gasteiger partial charge in [0.1, 0.15) is 5.75 Å². The Morgan fingerprint density at radius 1 is 0.864 bits per heavy atom. The highest BCUT2D eigenvalue weighted by Crippen LogP contribution is 2.23. The van der Waals surface area contributed by atoms with Gasteiger partial charge in [0.15, 0.2) is 0 Å². The van der Waals surface area contributed by atoms with Crippen LogP contribution in [0.2, 0.25) is 0 Å². The number of benzene rings is 2. The lowest BCUT2D eigenvalue weighted by Crippen LogP contribution is -2.05. The molecule has 0 heterocycles. The van der Waals surface area contributed by atoms with Gasteiger partial charge < -0.3 is 9.47 Å². The third-order valence-corrected chi connectivity index (χ3v) is 3.38. The molecule has 3 nitrogen and oxygen atoms in total. The van der Waals surface area contributed by atoms with Gasteiger partial charge in [-0.15, -0.1) is 0 Å². The summed E-state index contributed by atoms with van der Waals surface area (Å²) in [4.78, 5) is 11.4. The van der Waals surface area contributed by atoms with Gasteiger partial charge in [-0.05, 0) is 49.1 Å². The SMILES string of the molecule is CCOC(=O)CCc1ccc(-c2ccc(OCC)cc2)cc1. The van der Waals surface area contributed by atoms with Gasteiger partial charge in [0.05, 0.1) is 13.2 Å². The maximum atomic E-state index is 11.4. The molecule has 0 unspecified atom stereocenters. The van der Waals surface area contributed by atoms with Crippen molar-refractivity contribution in [2.75, 3.05) is 13.2 Å². The van der Waals surface area contributed by atoms with Crippen molar-refractivity contribution in [1.29, 1.82) is 0 Å². The highest BCUT2D eigenvalue weighted by molar-refractivity contribution is 5.70. The molecule has 0 bridgehead atoms. The Kier molecular flexibility index (Phi) is 6.01. The monoisotopic (exact) mass is 298 g/mol. The van der Waals surface area contributed by atoms with E-state index in [1.54, 1.807) is 0 Å². The van der Waals surface area contributed by atoms with Crippen LogP contribution < -0.4 is 4.74 Å². The van der Waals surface area contributed by atoms with E-state index >= 15 is 0 Å². The number of esters is 1. The van der Waals surface area contributed by atoms with Crippen molar-refractivity contribution >= 4 is 5.97 Å². The molecule has 0 aromatic heterocycles. The van der Waals surface area contributed by atoms with Crippen LogP contribution in [0.4, 0.5) is 0 Å². The second-order valence-corrected chi connectivity index (χ2v) is 4.96. The van der Waals surface area contributed by atoms with Crippen LogP contribution in [0.25, 0.3) is 11.1 Å². The molecule has 0 atom stereocenters. The smallest absolute Gasteiger partial charge is 0.306 e. The summed E-state index contributed by atoms with van der Waals surface area (Å²) in [5.74, 6) is 0.746. The molecular formula is C19H22O3. The second kappa shape index (κ2) is 8.23. The standard InChI is InChI=1S/C19H22O3/c1-3-21-18-12-10-17(11-13-18)16-8-5-15(6-9-16)7-14-19(20)22-4-2/h5-6,8-13H,3-4,7,14H2,1-2H3. The van der Waals surface area contributed by atoms with Crippen LogP contribution >= 0.6 is 0 Å². The van der Waals surface area contributed by atoms with E-state index < -0.39 is 0 Å². The molecule has 0 aliphatic carbocycles. The van der Waals surface area contributed by atoms with Crippen molar-refractivity contribution in [3.8, 4) is 16.9 Å². The fourth-order valence-corrected chi connectivity index (χ4v) is 2.25. The quantitative estimate of drug-likeness (QED) is 0.717. The predicted octanol–water partition coefficient (Wildman–Crippen LogP) is 4.25. The zero-order valence-electron chi connectivity index (χ0n) is 13.2. The van der Waals surface area contributed by atoms with Crippen LogP contribution in [0, 0.1) is 0 Å². The third-order valence-electron chi connectivity index (χ3n) is 3.38. The van der Waals surface area contributed by atoms with Crippen LogP contribution in [0.15, 0.2) is 48.5 Å². The van der Waals surface area contributed by atoms with Gasteiger partial charge in [-0.3, -0.25) is 4.79 Å². The summed E-state index contributed by atoms with van der Waals surface area (Å²) in [5.41, 5.74) is 3.45.